The summed E-state index contributed by atoms with van der Waals surface area (Å²) in [6.07, 6.45) is 1.58. The van der Waals surface area contributed by atoms with E-state index in [0.29, 0.717) is 38.9 Å². The number of aromatic nitrogens is 4. The molecule has 5 aromatic rings. The van der Waals surface area contributed by atoms with Gasteiger partial charge in [0.05, 0.1) is 22.3 Å². The third kappa shape index (κ3) is 3.33. The highest BCUT2D eigenvalue weighted by atomic mass is 32.2. The summed E-state index contributed by atoms with van der Waals surface area (Å²) in [5.74, 6) is 1.20. The number of furan rings is 1. The van der Waals surface area contributed by atoms with Gasteiger partial charge in [0.15, 0.2) is 5.16 Å². The van der Waals surface area contributed by atoms with Crippen molar-refractivity contribution in [1.29, 1.82) is 0 Å². The molecule has 10 heteroatoms. The van der Waals surface area contributed by atoms with Crippen LogP contribution in [-0.4, -0.2) is 19.5 Å². The topological polar surface area (TPSA) is 93.8 Å². The van der Waals surface area contributed by atoms with Gasteiger partial charge in [-0.1, -0.05) is 11.8 Å². The molecule has 0 aliphatic heterocycles. The van der Waals surface area contributed by atoms with Crippen LogP contribution in [0.25, 0.3) is 31.8 Å². The first-order chi connectivity index (χ1) is 15.4. The van der Waals surface area contributed by atoms with E-state index in [-0.39, 0.29) is 16.4 Å². The van der Waals surface area contributed by atoms with Crippen molar-refractivity contribution in [1.82, 2.24) is 19.5 Å². The summed E-state index contributed by atoms with van der Waals surface area (Å²) >= 11 is 4.37. The van der Waals surface area contributed by atoms with E-state index < -0.39 is 0 Å². The minimum Gasteiger partial charge on any atom is -0.464 e. The highest BCUT2D eigenvalue weighted by molar-refractivity contribution is 7.99. The number of fused-ring (bicyclic) bond motifs is 2. The molecule has 0 amide bonds. The molecule has 5 rings (SSSR count). The summed E-state index contributed by atoms with van der Waals surface area (Å²) in [6, 6.07) is 3.62. The average molecular weight is 485 g/mol. The molecule has 0 aromatic carbocycles. The zero-order valence-electron chi connectivity index (χ0n) is 17.9. The minimum atomic E-state index is -0.203. The smallest absolute Gasteiger partial charge is 0.263 e. The number of hydrogen-bond acceptors (Lipinski definition) is 8. The molecule has 1 N–H and O–H groups in total. The molecule has 0 saturated heterocycles. The second-order valence-electron chi connectivity index (χ2n) is 7.43. The van der Waals surface area contributed by atoms with Crippen molar-refractivity contribution in [3.63, 3.8) is 0 Å². The van der Waals surface area contributed by atoms with E-state index >= 15 is 0 Å². The van der Waals surface area contributed by atoms with Crippen LogP contribution in [0.4, 0.5) is 0 Å². The number of H-pyrrole nitrogens is 1. The summed E-state index contributed by atoms with van der Waals surface area (Å²) in [6.45, 7) is 8.39. The van der Waals surface area contributed by atoms with Gasteiger partial charge in [0.1, 0.15) is 21.2 Å². The van der Waals surface area contributed by atoms with Crippen LogP contribution in [-0.2, 0) is 6.54 Å². The zero-order chi connectivity index (χ0) is 22.6. The van der Waals surface area contributed by atoms with Gasteiger partial charge in [-0.3, -0.25) is 14.2 Å². The molecule has 0 radical (unpaired) electrons. The highest BCUT2D eigenvalue weighted by Gasteiger charge is 2.21. The molecule has 1 atom stereocenters. The van der Waals surface area contributed by atoms with Gasteiger partial charge in [-0.05, 0) is 45.4 Å². The normalized spacial score (nSPS) is 12.8. The van der Waals surface area contributed by atoms with Gasteiger partial charge >= 0.3 is 0 Å². The van der Waals surface area contributed by atoms with Crippen LogP contribution in [0, 0.1) is 13.8 Å². The number of thioether (sulfide) groups is 1. The molecule has 32 heavy (non-hydrogen) atoms. The first kappa shape index (κ1) is 21.2. The second kappa shape index (κ2) is 8.02. The Morgan fingerprint density at radius 1 is 1.22 bits per heavy atom. The lowest BCUT2D eigenvalue weighted by molar-refractivity contribution is 0.583. The van der Waals surface area contributed by atoms with Crippen molar-refractivity contribution in [3.05, 3.63) is 60.7 Å². The molecule has 0 fully saturated rings. The van der Waals surface area contributed by atoms with E-state index in [1.54, 1.807) is 16.9 Å². The number of rotatable bonds is 5. The first-order valence-electron chi connectivity index (χ1n) is 10.1. The molecule has 1 unspecified atom stereocenters. The summed E-state index contributed by atoms with van der Waals surface area (Å²) in [4.78, 5) is 41.0. The van der Waals surface area contributed by atoms with Crippen molar-refractivity contribution < 1.29 is 4.42 Å². The van der Waals surface area contributed by atoms with E-state index in [0.717, 1.165) is 20.8 Å². The van der Waals surface area contributed by atoms with Crippen molar-refractivity contribution >= 4 is 54.9 Å². The molecular formula is C22H20N4O3S3. The van der Waals surface area contributed by atoms with Crippen molar-refractivity contribution in [2.24, 2.45) is 0 Å². The standard InChI is InChI=1S/C22H20N4O3S3/c1-5-26-21(28)15-10(2)11(3)31-20(15)25-22(26)32-12(4)17-23-18(27)16-13(9-30-19(16)24-17)14-7-6-8-29-14/h6-9,12H,5H2,1-4H3,(H,23,24,27). The van der Waals surface area contributed by atoms with E-state index in [2.05, 4.69) is 4.98 Å². The van der Waals surface area contributed by atoms with E-state index in [1.807, 2.05) is 39.1 Å². The molecule has 0 spiro atoms. The molecule has 5 aromatic heterocycles. The van der Waals surface area contributed by atoms with Crippen LogP contribution in [0.3, 0.4) is 0 Å². The Labute approximate surface area is 195 Å². The molecule has 164 valence electrons. The summed E-state index contributed by atoms with van der Waals surface area (Å²) in [7, 11) is 0. The SMILES string of the molecule is CCn1c(SC(C)c2nc3scc(-c4ccco4)c3c(=O)[nH]2)nc2sc(C)c(C)c2c1=O. The van der Waals surface area contributed by atoms with Crippen molar-refractivity contribution in [3.8, 4) is 11.3 Å². The fourth-order valence-corrected chi connectivity index (χ4v) is 6.70. The Morgan fingerprint density at radius 3 is 2.75 bits per heavy atom. The van der Waals surface area contributed by atoms with Crippen LogP contribution in [0.2, 0.25) is 0 Å². The summed E-state index contributed by atoms with van der Waals surface area (Å²) < 4.78 is 7.16. The molecule has 0 aliphatic carbocycles. The third-order valence-corrected chi connectivity index (χ3v) is 8.56. The Balaban J connectivity index is 1.55. The number of nitrogens with zero attached hydrogens (tertiary/aromatic N) is 3. The zero-order valence-corrected chi connectivity index (χ0v) is 20.3. The second-order valence-corrected chi connectivity index (χ2v) is 10.8. The fourth-order valence-electron chi connectivity index (χ4n) is 3.66. The van der Waals surface area contributed by atoms with Gasteiger partial charge in [-0.15, -0.1) is 22.7 Å². The molecule has 0 bridgehead atoms. The summed E-state index contributed by atoms with van der Waals surface area (Å²) in [5.41, 5.74) is 1.51. The predicted molar refractivity (Wildman–Crippen MR) is 131 cm³/mol. The molecular weight excluding hydrogens is 464 g/mol. The maximum atomic E-state index is 13.1. The Kier molecular flexibility index (Phi) is 5.31. The van der Waals surface area contributed by atoms with E-state index in [9.17, 15) is 9.59 Å². The van der Waals surface area contributed by atoms with Crippen LogP contribution in [0.1, 0.15) is 35.4 Å². The van der Waals surface area contributed by atoms with Gasteiger partial charge in [-0.2, -0.15) is 0 Å². The van der Waals surface area contributed by atoms with Crippen molar-refractivity contribution in [2.45, 2.75) is 44.6 Å². The van der Waals surface area contributed by atoms with Crippen LogP contribution in [0.15, 0.2) is 42.9 Å². The van der Waals surface area contributed by atoms with Crippen molar-refractivity contribution in [2.75, 3.05) is 0 Å². The number of thiophene rings is 2. The van der Waals surface area contributed by atoms with Gasteiger partial charge in [-0.25, -0.2) is 9.97 Å². The third-order valence-electron chi connectivity index (χ3n) is 5.49. The number of aryl methyl sites for hydroxylation is 2. The van der Waals surface area contributed by atoms with E-state index in [4.69, 9.17) is 14.4 Å². The number of hydrogen-bond donors (Lipinski definition) is 1. The molecule has 5 heterocycles. The van der Waals surface area contributed by atoms with Crippen LogP contribution >= 0.6 is 34.4 Å². The minimum absolute atomic E-state index is 0.0210. The average Bonchev–Trinajstić information content (AvgIpc) is 3.48. The van der Waals surface area contributed by atoms with Gasteiger partial charge in [0.2, 0.25) is 0 Å². The van der Waals surface area contributed by atoms with Crippen LogP contribution < -0.4 is 11.1 Å². The predicted octanol–water partition coefficient (Wildman–Crippen LogP) is 5.51. The first-order valence-corrected chi connectivity index (χ1v) is 12.7. The molecule has 0 saturated carbocycles. The van der Waals surface area contributed by atoms with Gasteiger partial charge in [0, 0.05) is 22.4 Å². The molecule has 7 nitrogen and oxygen atoms in total. The van der Waals surface area contributed by atoms with E-state index in [1.165, 1.54) is 34.4 Å². The number of nitrogens with one attached hydrogen (secondary N) is 1. The maximum absolute atomic E-state index is 13.1. The lowest BCUT2D eigenvalue weighted by atomic mass is 10.2. The summed E-state index contributed by atoms with van der Waals surface area (Å²) in [5, 5.41) is 3.54. The Morgan fingerprint density at radius 2 is 2.03 bits per heavy atom. The lowest BCUT2D eigenvalue weighted by Crippen LogP contribution is -2.22. The Bertz CT molecular complexity index is 1570. The van der Waals surface area contributed by atoms with Gasteiger partial charge < -0.3 is 9.40 Å². The maximum Gasteiger partial charge on any atom is 0.263 e. The quantitative estimate of drug-likeness (QED) is 0.261. The van der Waals surface area contributed by atoms with Gasteiger partial charge in [0.25, 0.3) is 11.1 Å². The van der Waals surface area contributed by atoms with Crippen LogP contribution in [0.5, 0.6) is 0 Å². The monoisotopic (exact) mass is 484 g/mol. The largest absolute Gasteiger partial charge is 0.464 e. The number of aromatic amines is 1. The molecule has 0 aliphatic rings. The Hall–Kier alpha value is -2.69. The fraction of sp³-hybridized carbons (Fsp3) is 0.273. The lowest BCUT2D eigenvalue weighted by Gasteiger charge is -2.14. The highest BCUT2D eigenvalue weighted by Crippen LogP contribution is 2.36.